The Balaban J connectivity index is 2.21. The molecule has 1 rings (SSSR count). The van der Waals surface area contributed by atoms with Gasteiger partial charge in [-0.2, -0.15) is 0 Å². The van der Waals surface area contributed by atoms with E-state index in [1.54, 1.807) is 0 Å². The quantitative estimate of drug-likeness (QED) is 0.670. The monoisotopic (exact) mass is 311 g/mol. The normalized spacial score (nSPS) is 21.9. The van der Waals surface area contributed by atoms with Crippen LogP contribution in [0.2, 0.25) is 0 Å². The summed E-state index contributed by atoms with van der Waals surface area (Å²) in [5.74, 6) is 0.997. The van der Waals surface area contributed by atoms with Crippen LogP contribution in [0.5, 0.6) is 0 Å². The Hall–Kier alpha value is -1.10. The minimum Gasteiger partial charge on any atom is -0.356 e. The fraction of sp³-hybridized carbons (Fsp3) is 0.882. The number of amides is 2. The first-order valence-electron chi connectivity index (χ1n) is 8.60. The van der Waals surface area contributed by atoms with Gasteiger partial charge in [0.25, 0.3) is 0 Å². The lowest BCUT2D eigenvalue weighted by Crippen LogP contribution is -2.38. The van der Waals surface area contributed by atoms with Crippen LogP contribution in [-0.4, -0.2) is 50.4 Å². The Morgan fingerprint density at radius 1 is 1.00 bits per heavy atom. The number of nitrogens with zero attached hydrogens (tertiary/aromatic N) is 1. The van der Waals surface area contributed by atoms with Crippen molar-refractivity contribution in [2.75, 3.05) is 33.7 Å². The molecule has 5 nitrogen and oxygen atoms in total. The summed E-state index contributed by atoms with van der Waals surface area (Å²) >= 11 is 0. The molecule has 0 aliphatic heterocycles. The van der Waals surface area contributed by atoms with E-state index in [0.717, 1.165) is 51.7 Å². The Kier molecular flexibility index (Phi) is 8.46. The van der Waals surface area contributed by atoms with E-state index >= 15 is 0 Å². The molecule has 1 fully saturated rings. The van der Waals surface area contributed by atoms with E-state index in [2.05, 4.69) is 29.4 Å². The Morgan fingerprint density at radius 3 is 1.95 bits per heavy atom. The second-order valence-corrected chi connectivity index (χ2v) is 7.14. The molecule has 1 saturated carbocycles. The van der Waals surface area contributed by atoms with Crippen LogP contribution in [0.4, 0.5) is 0 Å². The lowest BCUT2D eigenvalue weighted by atomic mass is 9.81. The van der Waals surface area contributed by atoms with E-state index in [1.807, 2.05) is 14.1 Å². The molecule has 0 heterocycles. The summed E-state index contributed by atoms with van der Waals surface area (Å²) in [6.45, 7) is 6.66. The number of hydrogen-bond donors (Lipinski definition) is 2. The highest BCUT2D eigenvalue weighted by Crippen LogP contribution is 2.29. The van der Waals surface area contributed by atoms with Crippen molar-refractivity contribution in [2.45, 2.75) is 46.0 Å². The van der Waals surface area contributed by atoms with Gasteiger partial charge in [0.1, 0.15) is 0 Å². The van der Waals surface area contributed by atoms with Crippen LogP contribution in [0.15, 0.2) is 0 Å². The molecule has 2 N–H and O–H groups in total. The molecule has 0 aromatic heterocycles. The van der Waals surface area contributed by atoms with Gasteiger partial charge in [0.2, 0.25) is 11.8 Å². The molecular formula is C17H33N3O2. The van der Waals surface area contributed by atoms with Gasteiger partial charge < -0.3 is 15.5 Å². The standard InChI is InChI=1S/C17H33N3O2/c1-13(2)12-19-17(22)15-8-6-14(7-9-15)16(21)18-10-5-11-20(3)4/h13-15H,5-12H2,1-4H3,(H,18,21)(H,19,22). The van der Waals surface area contributed by atoms with Crippen molar-refractivity contribution < 1.29 is 9.59 Å². The van der Waals surface area contributed by atoms with Gasteiger partial charge in [-0.05, 0) is 58.7 Å². The van der Waals surface area contributed by atoms with Crippen LogP contribution in [0.1, 0.15) is 46.0 Å². The molecule has 5 heteroatoms. The smallest absolute Gasteiger partial charge is 0.223 e. The van der Waals surface area contributed by atoms with Crippen LogP contribution >= 0.6 is 0 Å². The van der Waals surface area contributed by atoms with Crippen molar-refractivity contribution in [3.63, 3.8) is 0 Å². The highest BCUT2D eigenvalue weighted by atomic mass is 16.2. The molecule has 0 saturated heterocycles. The molecule has 0 aromatic carbocycles. The van der Waals surface area contributed by atoms with Gasteiger partial charge in [-0.25, -0.2) is 0 Å². The van der Waals surface area contributed by atoms with Crippen molar-refractivity contribution in [3.8, 4) is 0 Å². The maximum Gasteiger partial charge on any atom is 0.223 e. The highest BCUT2D eigenvalue weighted by Gasteiger charge is 2.29. The number of carbonyl (C=O) groups is 2. The van der Waals surface area contributed by atoms with Crippen molar-refractivity contribution in [1.82, 2.24) is 15.5 Å². The van der Waals surface area contributed by atoms with Crippen molar-refractivity contribution in [2.24, 2.45) is 17.8 Å². The summed E-state index contributed by atoms with van der Waals surface area (Å²) in [5.41, 5.74) is 0. The predicted molar refractivity (Wildman–Crippen MR) is 89.5 cm³/mol. The fourth-order valence-electron chi connectivity index (χ4n) is 2.82. The average molecular weight is 311 g/mol. The summed E-state index contributed by atoms with van der Waals surface area (Å²) in [6.07, 6.45) is 4.31. The van der Waals surface area contributed by atoms with E-state index in [4.69, 9.17) is 0 Å². The van der Waals surface area contributed by atoms with Gasteiger partial charge in [0.15, 0.2) is 0 Å². The molecule has 0 atom stereocenters. The Labute approximate surface area is 135 Å². The summed E-state index contributed by atoms with van der Waals surface area (Å²) in [7, 11) is 4.07. The molecule has 1 aliphatic rings. The highest BCUT2D eigenvalue weighted by molar-refractivity contribution is 5.81. The summed E-state index contributed by atoms with van der Waals surface area (Å²) < 4.78 is 0. The number of rotatable bonds is 8. The minimum atomic E-state index is 0.0912. The average Bonchev–Trinajstić information content (AvgIpc) is 2.49. The lowest BCUT2D eigenvalue weighted by molar-refractivity contribution is -0.130. The molecule has 0 spiro atoms. The molecule has 22 heavy (non-hydrogen) atoms. The molecule has 0 bridgehead atoms. The first-order valence-corrected chi connectivity index (χ1v) is 8.60. The van der Waals surface area contributed by atoms with Gasteiger partial charge in [-0.15, -0.1) is 0 Å². The molecule has 128 valence electrons. The van der Waals surface area contributed by atoms with Gasteiger partial charge in [0, 0.05) is 24.9 Å². The van der Waals surface area contributed by atoms with E-state index < -0.39 is 0 Å². The second kappa shape index (κ2) is 9.82. The van der Waals surface area contributed by atoms with Crippen molar-refractivity contribution in [3.05, 3.63) is 0 Å². The van der Waals surface area contributed by atoms with Crippen LogP contribution in [0.25, 0.3) is 0 Å². The lowest BCUT2D eigenvalue weighted by Gasteiger charge is -2.27. The Morgan fingerprint density at radius 2 is 1.50 bits per heavy atom. The van der Waals surface area contributed by atoms with Gasteiger partial charge in [0.05, 0.1) is 0 Å². The molecule has 0 radical (unpaired) electrons. The van der Waals surface area contributed by atoms with Crippen molar-refractivity contribution >= 4 is 11.8 Å². The molecule has 2 amide bonds. The number of hydrogen-bond acceptors (Lipinski definition) is 3. The SMILES string of the molecule is CC(C)CNC(=O)C1CCC(C(=O)NCCCN(C)C)CC1. The maximum absolute atomic E-state index is 12.1. The zero-order valence-corrected chi connectivity index (χ0v) is 14.7. The topological polar surface area (TPSA) is 61.4 Å². The first-order chi connectivity index (χ1) is 10.4. The molecule has 1 aliphatic carbocycles. The maximum atomic E-state index is 12.1. The third-order valence-electron chi connectivity index (χ3n) is 4.23. The largest absolute Gasteiger partial charge is 0.356 e. The predicted octanol–water partition coefficient (Wildman–Crippen LogP) is 1.63. The van der Waals surface area contributed by atoms with Crippen molar-refractivity contribution in [1.29, 1.82) is 0 Å². The van der Waals surface area contributed by atoms with Crippen LogP contribution in [0, 0.1) is 17.8 Å². The van der Waals surface area contributed by atoms with Crippen LogP contribution in [-0.2, 0) is 9.59 Å². The van der Waals surface area contributed by atoms with Crippen LogP contribution in [0.3, 0.4) is 0 Å². The van der Waals surface area contributed by atoms with E-state index in [-0.39, 0.29) is 23.7 Å². The van der Waals surface area contributed by atoms with Gasteiger partial charge in [-0.3, -0.25) is 9.59 Å². The third-order valence-corrected chi connectivity index (χ3v) is 4.23. The first kappa shape index (κ1) is 18.9. The second-order valence-electron chi connectivity index (χ2n) is 7.14. The summed E-state index contributed by atoms with van der Waals surface area (Å²) in [4.78, 5) is 26.3. The zero-order valence-electron chi connectivity index (χ0n) is 14.7. The fourth-order valence-corrected chi connectivity index (χ4v) is 2.82. The third kappa shape index (κ3) is 7.25. The summed E-state index contributed by atoms with van der Waals surface area (Å²) in [6, 6.07) is 0. The van der Waals surface area contributed by atoms with E-state index in [0.29, 0.717) is 5.92 Å². The molecule has 0 unspecified atom stereocenters. The molecule has 0 aromatic rings. The van der Waals surface area contributed by atoms with E-state index in [1.165, 1.54) is 0 Å². The summed E-state index contributed by atoms with van der Waals surface area (Å²) in [5, 5.41) is 6.03. The molecular weight excluding hydrogens is 278 g/mol. The van der Waals surface area contributed by atoms with Crippen LogP contribution < -0.4 is 10.6 Å². The number of carbonyl (C=O) groups excluding carboxylic acids is 2. The minimum absolute atomic E-state index is 0.0912. The Bertz CT molecular complexity index is 348. The van der Waals surface area contributed by atoms with Gasteiger partial charge in [-0.1, -0.05) is 13.8 Å². The zero-order chi connectivity index (χ0) is 16.5. The van der Waals surface area contributed by atoms with Gasteiger partial charge >= 0.3 is 0 Å². The number of nitrogens with one attached hydrogen (secondary N) is 2. The van der Waals surface area contributed by atoms with E-state index in [9.17, 15) is 9.59 Å².